The molecule has 0 aliphatic heterocycles. The molecule has 158 valence electrons. The number of imidazole rings is 1. The Labute approximate surface area is 180 Å². The van der Waals surface area contributed by atoms with Gasteiger partial charge in [-0.1, -0.05) is 30.3 Å². The maximum Gasteiger partial charge on any atom is 0.223 e. The van der Waals surface area contributed by atoms with Crippen molar-refractivity contribution in [2.45, 2.75) is 44.7 Å². The van der Waals surface area contributed by atoms with Crippen molar-refractivity contribution in [2.24, 2.45) is 5.73 Å². The number of fused-ring (bicyclic) bond motifs is 1. The molecule has 6 nitrogen and oxygen atoms in total. The monoisotopic (exact) mass is 416 g/mol. The van der Waals surface area contributed by atoms with Crippen LogP contribution in [0.15, 0.2) is 55.0 Å². The number of halogens is 1. The van der Waals surface area contributed by atoms with Gasteiger partial charge in [-0.05, 0) is 43.7 Å². The van der Waals surface area contributed by atoms with Crippen LogP contribution < -0.4 is 11.1 Å². The lowest BCUT2D eigenvalue weighted by Gasteiger charge is -2.26. The number of rotatable bonds is 4. The van der Waals surface area contributed by atoms with Gasteiger partial charge in [0.15, 0.2) is 0 Å². The van der Waals surface area contributed by atoms with E-state index in [4.69, 9.17) is 10.7 Å². The molecule has 0 amide bonds. The highest BCUT2D eigenvalue weighted by Crippen LogP contribution is 2.29. The average molecular weight is 417 g/mol. The first-order valence-electron chi connectivity index (χ1n) is 10.7. The normalized spacial score (nSPS) is 18.9. The molecule has 0 bridgehead atoms. The van der Waals surface area contributed by atoms with Gasteiger partial charge in [0.1, 0.15) is 11.5 Å². The Balaban J connectivity index is 1.53. The number of nitrogens with two attached hydrogens (primary N) is 1. The lowest BCUT2D eigenvalue weighted by molar-refractivity contribution is 0.410. The van der Waals surface area contributed by atoms with Crippen molar-refractivity contribution in [3.8, 4) is 22.5 Å². The smallest absolute Gasteiger partial charge is 0.223 e. The fraction of sp³-hybridized carbons (Fsp3) is 0.292. The van der Waals surface area contributed by atoms with E-state index in [1.54, 1.807) is 12.4 Å². The summed E-state index contributed by atoms with van der Waals surface area (Å²) in [4.78, 5) is 13.7. The molecule has 1 aliphatic carbocycles. The Morgan fingerprint density at radius 1 is 1.06 bits per heavy atom. The van der Waals surface area contributed by atoms with Gasteiger partial charge in [-0.25, -0.2) is 19.3 Å². The van der Waals surface area contributed by atoms with Crippen LogP contribution in [0.5, 0.6) is 0 Å². The van der Waals surface area contributed by atoms with E-state index < -0.39 is 0 Å². The Bertz CT molecular complexity index is 1210. The van der Waals surface area contributed by atoms with Gasteiger partial charge in [-0.2, -0.15) is 0 Å². The SMILES string of the molecule is Cc1cnc(N[C@H]2CC[C@H](N)CC2)nc1-c1cnc2cc(F)c(-c3ccccc3)cn12. The third-order valence-electron chi connectivity index (χ3n) is 6.00. The van der Waals surface area contributed by atoms with Gasteiger partial charge in [-0.3, -0.25) is 4.40 Å². The molecule has 3 heterocycles. The second-order valence-corrected chi connectivity index (χ2v) is 8.25. The third-order valence-corrected chi connectivity index (χ3v) is 6.00. The van der Waals surface area contributed by atoms with Crippen LogP contribution in [0.4, 0.5) is 10.3 Å². The second-order valence-electron chi connectivity index (χ2n) is 8.25. The summed E-state index contributed by atoms with van der Waals surface area (Å²) in [5, 5.41) is 3.46. The molecule has 3 N–H and O–H groups in total. The molecule has 0 spiro atoms. The number of hydrogen-bond donors (Lipinski definition) is 2. The average Bonchev–Trinajstić information content (AvgIpc) is 3.19. The van der Waals surface area contributed by atoms with Gasteiger partial charge in [0.25, 0.3) is 0 Å². The van der Waals surface area contributed by atoms with E-state index in [9.17, 15) is 4.39 Å². The van der Waals surface area contributed by atoms with E-state index in [0.717, 1.165) is 48.2 Å². The van der Waals surface area contributed by atoms with Crippen molar-refractivity contribution in [2.75, 3.05) is 5.32 Å². The summed E-state index contributed by atoms with van der Waals surface area (Å²) in [6, 6.07) is 11.6. The van der Waals surface area contributed by atoms with Crippen LogP contribution in [-0.4, -0.2) is 31.4 Å². The predicted molar refractivity (Wildman–Crippen MR) is 120 cm³/mol. The van der Waals surface area contributed by atoms with Crippen molar-refractivity contribution >= 4 is 11.6 Å². The van der Waals surface area contributed by atoms with E-state index in [2.05, 4.69) is 15.3 Å². The zero-order valence-corrected chi connectivity index (χ0v) is 17.4. The molecular weight excluding hydrogens is 391 g/mol. The molecule has 0 saturated heterocycles. The minimum Gasteiger partial charge on any atom is -0.351 e. The summed E-state index contributed by atoms with van der Waals surface area (Å²) in [6.45, 7) is 1.97. The summed E-state index contributed by atoms with van der Waals surface area (Å²) in [7, 11) is 0. The maximum atomic E-state index is 14.8. The molecule has 1 aliphatic rings. The van der Waals surface area contributed by atoms with Crippen molar-refractivity contribution < 1.29 is 4.39 Å². The van der Waals surface area contributed by atoms with Gasteiger partial charge < -0.3 is 11.1 Å². The largest absolute Gasteiger partial charge is 0.351 e. The molecule has 0 atom stereocenters. The first-order chi connectivity index (χ1) is 15.1. The highest BCUT2D eigenvalue weighted by atomic mass is 19.1. The van der Waals surface area contributed by atoms with Crippen molar-refractivity contribution in [1.82, 2.24) is 19.4 Å². The number of aryl methyl sites for hydroxylation is 1. The van der Waals surface area contributed by atoms with E-state index in [1.807, 2.05) is 47.9 Å². The zero-order chi connectivity index (χ0) is 21.4. The Kier molecular flexibility index (Phi) is 5.11. The lowest BCUT2D eigenvalue weighted by Crippen LogP contribution is -2.33. The van der Waals surface area contributed by atoms with Crippen LogP contribution in [0, 0.1) is 12.7 Å². The molecule has 7 heteroatoms. The van der Waals surface area contributed by atoms with Gasteiger partial charge in [0, 0.05) is 36.1 Å². The van der Waals surface area contributed by atoms with E-state index >= 15 is 0 Å². The number of benzene rings is 1. The number of nitrogens with zero attached hydrogens (tertiary/aromatic N) is 4. The number of hydrogen-bond acceptors (Lipinski definition) is 5. The predicted octanol–water partition coefficient (Wildman–Crippen LogP) is 4.59. The maximum absolute atomic E-state index is 14.8. The molecular formula is C24H25FN6. The number of pyridine rings is 1. The van der Waals surface area contributed by atoms with E-state index in [-0.39, 0.29) is 5.82 Å². The lowest BCUT2D eigenvalue weighted by atomic mass is 9.92. The highest BCUT2D eigenvalue weighted by Gasteiger charge is 2.20. The van der Waals surface area contributed by atoms with Crippen LogP contribution in [-0.2, 0) is 0 Å². The summed E-state index contributed by atoms with van der Waals surface area (Å²) < 4.78 is 16.6. The highest BCUT2D eigenvalue weighted by molar-refractivity contribution is 5.69. The number of anilines is 1. The minimum atomic E-state index is -0.298. The fourth-order valence-electron chi connectivity index (χ4n) is 4.22. The van der Waals surface area contributed by atoms with Gasteiger partial charge in [0.05, 0.1) is 17.6 Å². The van der Waals surface area contributed by atoms with E-state index in [0.29, 0.717) is 29.2 Å². The number of nitrogens with one attached hydrogen (secondary N) is 1. The number of aromatic nitrogens is 4. The molecule has 0 unspecified atom stereocenters. The van der Waals surface area contributed by atoms with Gasteiger partial charge in [0.2, 0.25) is 5.95 Å². The summed E-state index contributed by atoms with van der Waals surface area (Å²) >= 11 is 0. The van der Waals surface area contributed by atoms with Gasteiger partial charge in [-0.15, -0.1) is 0 Å². The quantitative estimate of drug-likeness (QED) is 0.509. The van der Waals surface area contributed by atoms with Crippen LogP contribution in [0.3, 0.4) is 0 Å². The summed E-state index contributed by atoms with van der Waals surface area (Å²) in [5.74, 6) is 0.300. The Hall–Kier alpha value is -3.32. The molecule has 0 radical (unpaired) electrons. The molecule has 5 rings (SSSR count). The topological polar surface area (TPSA) is 81.1 Å². The molecule has 1 saturated carbocycles. The Morgan fingerprint density at radius 3 is 2.61 bits per heavy atom. The molecule has 1 aromatic carbocycles. The van der Waals surface area contributed by atoms with Crippen LogP contribution in [0.1, 0.15) is 31.2 Å². The van der Waals surface area contributed by atoms with Crippen molar-refractivity contribution in [3.05, 3.63) is 66.4 Å². The fourth-order valence-corrected chi connectivity index (χ4v) is 4.22. The molecule has 31 heavy (non-hydrogen) atoms. The second kappa shape index (κ2) is 8.07. The van der Waals surface area contributed by atoms with Crippen molar-refractivity contribution in [3.63, 3.8) is 0 Å². The van der Waals surface area contributed by atoms with E-state index in [1.165, 1.54) is 6.07 Å². The first-order valence-corrected chi connectivity index (χ1v) is 10.7. The third kappa shape index (κ3) is 3.88. The summed E-state index contributed by atoms with van der Waals surface area (Å²) in [6.07, 6.45) is 9.41. The Morgan fingerprint density at radius 2 is 1.84 bits per heavy atom. The van der Waals surface area contributed by atoms with Crippen LogP contribution >= 0.6 is 0 Å². The first kappa shape index (κ1) is 19.6. The van der Waals surface area contributed by atoms with Gasteiger partial charge >= 0.3 is 0 Å². The zero-order valence-electron chi connectivity index (χ0n) is 17.4. The van der Waals surface area contributed by atoms with Crippen molar-refractivity contribution in [1.29, 1.82) is 0 Å². The summed E-state index contributed by atoms with van der Waals surface area (Å²) in [5.41, 5.74) is 10.4. The molecule has 4 aromatic rings. The standard InChI is InChI=1S/C24H25FN6/c1-15-12-28-24(29-18-9-7-17(26)8-10-18)30-23(15)21-13-27-22-11-20(25)19(14-31(21)22)16-5-3-2-4-6-16/h2-6,11-14,17-18H,7-10,26H2,1H3,(H,28,29,30)/t17-,18-. The van der Waals surface area contributed by atoms with Crippen LogP contribution in [0.2, 0.25) is 0 Å². The minimum absolute atomic E-state index is 0.296. The van der Waals surface area contributed by atoms with Crippen LogP contribution in [0.25, 0.3) is 28.2 Å². The molecule has 3 aromatic heterocycles. The molecule has 1 fully saturated rings.